The third kappa shape index (κ3) is 2.91. The molecule has 0 saturated carbocycles. The van der Waals surface area contributed by atoms with Gasteiger partial charge in [-0.1, -0.05) is 0 Å². The van der Waals surface area contributed by atoms with Crippen molar-refractivity contribution in [2.75, 3.05) is 17.2 Å². The predicted octanol–water partition coefficient (Wildman–Crippen LogP) is 2.37. The Morgan fingerprint density at radius 3 is 2.91 bits per heavy atom. The van der Waals surface area contributed by atoms with Crippen molar-refractivity contribution in [2.45, 2.75) is 6.92 Å². The van der Waals surface area contributed by atoms with E-state index in [0.717, 1.165) is 17.0 Å². The molecule has 3 aromatic rings. The van der Waals surface area contributed by atoms with Crippen molar-refractivity contribution >= 4 is 34.1 Å². The van der Waals surface area contributed by atoms with E-state index in [1.54, 1.807) is 12.3 Å². The lowest BCUT2D eigenvalue weighted by molar-refractivity contribution is 0.100. The van der Waals surface area contributed by atoms with E-state index in [1.807, 2.05) is 19.1 Å². The van der Waals surface area contributed by atoms with E-state index in [1.165, 1.54) is 0 Å². The number of halogens is 1. The molecule has 2 heterocycles. The summed E-state index contributed by atoms with van der Waals surface area (Å²) in [5.41, 5.74) is 6.79. The molecule has 1 amide bonds. The maximum Gasteiger partial charge on any atom is 0.252 e. The summed E-state index contributed by atoms with van der Waals surface area (Å²) in [6.45, 7) is 2.32. The van der Waals surface area contributed by atoms with Gasteiger partial charge in [0.25, 0.3) is 5.91 Å². The summed E-state index contributed by atoms with van der Waals surface area (Å²) in [4.78, 5) is 15.7. The number of aromatic nitrogens is 3. The number of carbonyl (C=O) groups is 1. The number of hydrogen-bond acceptors (Lipinski definition) is 5. The van der Waals surface area contributed by atoms with Crippen LogP contribution in [0.1, 0.15) is 17.3 Å². The van der Waals surface area contributed by atoms with E-state index < -0.39 is 11.7 Å². The van der Waals surface area contributed by atoms with Crippen molar-refractivity contribution in [3.63, 3.8) is 0 Å². The third-order valence-corrected chi connectivity index (χ3v) is 3.29. The zero-order valence-corrected chi connectivity index (χ0v) is 12.4. The fraction of sp³-hybridized carbons (Fsp3) is 0.133. The quantitative estimate of drug-likeness (QED) is 0.578. The van der Waals surface area contributed by atoms with Crippen molar-refractivity contribution in [3.8, 4) is 0 Å². The first-order valence-electron chi connectivity index (χ1n) is 7.03. The number of nitrogens with one attached hydrogen (secondary N) is 3. The summed E-state index contributed by atoms with van der Waals surface area (Å²) < 4.78 is 13.9. The van der Waals surface area contributed by atoms with Crippen LogP contribution < -0.4 is 16.4 Å². The maximum absolute atomic E-state index is 13.9. The molecule has 23 heavy (non-hydrogen) atoms. The number of H-pyrrole nitrogens is 1. The molecular weight excluding hydrogens is 299 g/mol. The topological polar surface area (TPSA) is 109 Å². The van der Waals surface area contributed by atoms with E-state index in [2.05, 4.69) is 25.8 Å². The molecule has 0 atom stereocenters. The second-order valence-electron chi connectivity index (χ2n) is 4.91. The maximum atomic E-state index is 13.9. The highest BCUT2D eigenvalue weighted by atomic mass is 19.1. The van der Waals surface area contributed by atoms with Crippen LogP contribution in [0.3, 0.4) is 0 Å². The number of rotatable bonds is 5. The molecule has 0 unspecified atom stereocenters. The average molecular weight is 314 g/mol. The number of fused-ring (bicyclic) bond motifs is 1. The van der Waals surface area contributed by atoms with Gasteiger partial charge in [-0.15, -0.1) is 0 Å². The molecule has 5 N–H and O–H groups in total. The first-order chi connectivity index (χ1) is 11.1. The second kappa shape index (κ2) is 5.91. The van der Waals surface area contributed by atoms with Gasteiger partial charge in [-0.05, 0) is 31.2 Å². The zero-order chi connectivity index (χ0) is 16.4. The van der Waals surface area contributed by atoms with E-state index in [9.17, 15) is 9.18 Å². The minimum atomic E-state index is -0.760. The second-order valence-corrected chi connectivity index (χ2v) is 4.91. The van der Waals surface area contributed by atoms with Crippen LogP contribution in [-0.4, -0.2) is 27.6 Å². The number of amides is 1. The van der Waals surface area contributed by atoms with Crippen molar-refractivity contribution in [1.82, 2.24) is 15.2 Å². The zero-order valence-electron chi connectivity index (χ0n) is 12.4. The molecular formula is C15H15FN6O. The Morgan fingerprint density at radius 2 is 2.17 bits per heavy atom. The van der Waals surface area contributed by atoms with E-state index in [0.29, 0.717) is 12.2 Å². The molecule has 3 rings (SSSR count). The van der Waals surface area contributed by atoms with Gasteiger partial charge < -0.3 is 16.4 Å². The minimum absolute atomic E-state index is 0.0196. The van der Waals surface area contributed by atoms with Crippen LogP contribution in [0, 0.1) is 5.82 Å². The molecule has 0 aliphatic heterocycles. The lowest BCUT2D eigenvalue weighted by Gasteiger charge is -2.12. The lowest BCUT2D eigenvalue weighted by Crippen LogP contribution is -2.16. The fourth-order valence-electron chi connectivity index (χ4n) is 2.21. The summed E-state index contributed by atoms with van der Waals surface area (Å²) in [6.07, 6.45) is 1.70. The molecule has 1 aromatic carbocycles. The standard InChI is InChI=1S/C15H15FN6O/c1-2-18-15-11(16)6-10(13(17)23)14(21-15)20-9-4-3-8-7-19-22-12(8)5-9/h3-7H,2H2,1H3,(H2,17,23)(H,19,22)(H2,18,20,21). The van der Waals surface area contributed by atoms with Gasteiger partial charge in [0.05, 0.1) is 17.3 Å². The Kier molecular flexibility index (Phi) is 3.80. The Hall–Kier alpha value is -3.16. The Balaban J connectivity index is 2.02. The largest absolute Gasteiger partial charge is 0.368 e. The molecule has 0 aliphatic carbocycles. The first kappa shape index (κ1) is 14.8. The van der Waals surface area contributed by atoms with Crippen molar-refractivity contribution < 1.29 is 9.18 Å². The van der Waals surface area contributed by atoms with Crippen molar-refractivity contribution in [2.24, 2.45) is 5.73 Å². The first-order valence-corrected chi connectivity index (χ1v) is 7.03. The smallest absolute Gasteiger partial charge is 0.252 e. The molecule has 0 fully saturated rings. The van der Waals surface area contributed by atoms with Gasteiger partial charge >= 0.3 is 0 Å². The third-order valence-electron chi connectivity index (χ3n) is 3.29. The number of nitrogens with two attached hydrogens (primary N) is 1. The number of pyridine rings is 1. The summed E-state index contributed by atoms with van der Waals surface area (Å²) in [5.74, 6) is -1.14. The van der Waals surface area contributed by atoms with Gasteiger partial charge in [0.2, 0.25) is 0 Å². The van der Waals surface area contributed by atoms with Gasteiger partial charge in [0, 0.05) is 17.6 Å². The number of carbonyl (C=O) groups excluding carboxylic acids is 1. The fourth-order valence-corrected chi connectivity index (χ4v) is 2.21. The molecule has 0 bridgehead atoms. The summed E-state index contributed by atoms with van der Waals surface area (Å²) in [6, 6.07) is 6.55. The Bertz CT molecular complexity index is 876. The summed E-state index contributed by atoms with van der Waals surface area (Å²) in [5, 5.41) is 13.5. The lowest BCUT2D eigenvalue weighted by atomic mass is 10.2. The molecule has 0 spiro atoms. The van der Waals surface area contributed by atoms with Crippen LogP contribution in [0.4, 0.5) is 21.7 Å². The number of aromatic amines is 1. The SMILES string of the molecule is CCNc1nc(Nc2ccc3cn[nH]c3c2)c(C(N)=O)cc1F. The molecule has 0 saturated heterocycles. The van der Waals surface area contributed by atoms with Crippen LogP contribution in [0.2, 0.25) is 0 Å². The number of primary amides is 1. The highest BCUT2D eigenvalue weighted by molar-refractivity contribution is 5.99. The Labute approximate surface area is 131 Å². The van der Waals surface area contributed by atoms with Gasteiger partial charge in [-0.25, -0.2) is 9.37 Å². The monoisotopic (exact) mass is 314 g/mol. The van der Waals surface area contributed by atoms with Crippen LogP contribution in [-0.2, 0) is 0 Å². The molecule has 8 heteroatoms. The summed E-state index contributed by atoms with van der Waals surface area (Å²) in [7, 11) is 0. The normalized spacial score (nSPS) is 10.7. The summed E-state index contributed by atoms with van der Waals surface area (Å²) >= 11 is 0. The molecule has 2 aromatic heterocycles. The molecule has 0 radical (unpaired) electrons. The van der Waals surface area contributed by atoms with Gasteiger partial charge in [0.1, 0.15) is 5.82 Å². The number of anilines is 3. The van der Waals surface area contributed by atoms with Crippen LogP contribution >= 0.6 is 0 Å². The van der Waals surface area contributed by atoms with Crippen LogP contribution in [0.15, 0.2) is 30.5 Å². The van der Waals surface area contributed by atoms with Crippen molar-refractivity contribution in [3.05, 3.63) is 41.8 Å². The average Bonchev–Trinajstić information content (AvgIpc) is 2.98. The van der Waals surface area contributed by atoms with E-state index >= 15 is 0 Å². The molecule has 118 valence electrons. The van der Waals surface area contributed by atoms with E-state index in [4.69, 9.17) is 5.73 Å². The van der Waals surface area contributed by atoms with E-state index in [-0.39, 0.29) is 17.2 Å². The van der Waals surface area contributed by atoms with Crippen LogP contribution in [0.25, 0.3) is 10.9 Å². The van der Waals surface area contributed by atoms with Crippen LogP contribution in [0.5, 0.6) is 0 Å². The van der Waals surface area contributed by atoms with Crippen molar-refractivity contribution in [1.29, 1.82) is 0 Å². The number of benzene rings is 1. The number of hydrogen-bond donors (Lipinski definition) is 4. The highest BCUT2D eigenvalue weighted by Gasteiger charge is 2.16. The Morgan fingerprint density at radius 1 is 1.35 bits per heavy atom. The molecule has 0 aliphatic rings. The van der Waals surface area contributed by atoms with Gasteiger partial charge in [0.15, 0.2) is 11.6 Å². The minimum Gasteiger partial charge on any atom is -0.368 e. The highest BCUT2D eigenvalue weighted by Crippen LogP contribution is 2.25. The molecule has 7 nitrogen and oxygen atoms in total. The predicted molar refractivity (Wildman–Crippen MR) is 86.3 cm³/mol. The van der Waals surface area contributed by atoms with Gasteiger partial charge in [-0.2, -0.15) is 5.10 Å². The van der Waals surface area contributed by atoms with Gasteiger partial charge in [-0.3, -0.25) is 9.89 Å². The number of nitrogens with zero attached hydrogens (tertiary/aromatic N) is 2.